The van der Waals surface area contributed by atoms with Crippen LogP contribution in [0.25, 0.3) is 0 Å². The van der Waals surface area contributed by atoms with E-state index in [4.69, 9.17) is 16.5 Å². The molecule has 0 amide bonds. The van der Waals surface area contributed by atoms with E-state index in [-0.39, 0.29) is 32.9 Å². The summed E-state index contributed by atoms with van der Waals surface area (Å²) in [7, 11) is 9.97. The van der Waals surface area contributed by atoms with E-state index in [1.807, 2.05) is 0 Å². The maximum atomic E-state index is 4.99. The molecule has 0 aromatic heterocycles. The molecular formula is H12Cl2HgO6. The van der Waals surface area contributed by atoms with Crippen molar-refractivity contribution < 1.29 is 55.0 Å². The van der Waals surface area contributed by atoms with Crippen molar-refractivity contribution in [3.63, 3.8) is 0 Å². The second kappa shape index (κ2) is 123. The molecule has 0 bridgehead atoms. The molecule has 0 heterocycles. The predicted octanol–water partition coefficient (Wildman–Crippen LogP) is -3.57. The third-order valence-electron chi connectivity index (χ3n) is 0. The summed E-state index contributed by atoms with van der Waals surface area (Å²) in [4.78, 5) is 0. The Morgan fingerprint density at radius 3 is 0.556 bits per heavy atom. The number of hydrogen-bond acceptors (Lipinski definition) is 0. The van der Waals surface area contributed by atoms with E-state index in [1.54, 1.807) is 0 Å². The molecule has 9 heavy (non-hydrogen) atoms. The van der Waals surface area contributed by atoms with Crippen LogP contribution in [-0.4, -0.2) is 32.9 Å². The van der Waals surface area contributed by atoms with E-state index in [0.717, 1.165) is 0 Å². The van der Waals surface area contributed by atoms with Crippen LogP contribution in [-0.2, 0) is 22.1 Å². The fraction of sp³-hybridized carbons (Fsp3) is 0. The second-order valence-electron chi connectivity index (χ2n) is 0.101. The summed E-state index contributed by atoms with van der Waals surface area (Å²) < 4.78 is 0. The Morgan fingerprint density at radius 1 is 0.556 bits per heavy atom. The standard InChI is InChI=1S/2ClH.Hg.6H2O/h2*1H;;6*1H2/q;;+2;;;;;;/p-2. The van der Waals surface area contributed by atoms with Crippen LogP contribution in [0.2, 0.25) is 0 Å². The summed E-state index contributed by atoms with van der Waals surface area (Å²) in [6.07, 6.45) is 0. The third-order valence-corrected chi connectivity index (χ3v) is 0. The van der Waals surface area contributed by atoms with Crippen molar-refractivity contribution in [2.24, 2.45) is 0 Å². The molecule has 0 atom stereocenters. The topological polar surface area (TPSA) is 189 Å². The van der Waals surface area contributed by atoms with Gasteiger partial charge < -0.3 is 32.9 Å². The van der Waals surface area contributed by atoms with Gasteiger partial charge in [0.1, 0.15) is 0 Å². The Bertz CT molecular complexity index is 11.0. The summed E-state index contributed by atoms with van der Waals surface area (Å²) in [6, 6.07) is 0. The van der Waals surface area contributed by atoms with Gasteiger partial charge in [-0.1, -0.05) is 0 Å². The molecule has 0 fully saturated rings. The van der Waals surface area contributed by atoms with Crippen LogP contribution in [0, 0.1) is 0 Å². The van der Waals surface area contributed by atoms with Crippen LogP contribution < -0.4 is 0 Å². The third kappa shape index (κ3) is 302. The van der Waals surface area contributed by atoms with Gasteiger partial charge in [-0.05, 0) is 0 Å². The summed E-state index contributed by atoms with van der Waals surface area (Å²) in [6.45, 7) is 0. The number of rotatable bonds is 0. The number of halogens is 2. The maximum absolute atomic E-state index is 4.99. The summed E-state index contributed by atoms with van der Waals surface area (Å²) in [5.41, 5.74) is 0. The van der Waals surface area contributed by atoms with Gasteiger partial charge in [-0.15, -0.1) is 0 Å². The summed E-state index contributed by atoms with van der Waals surface area (Å²) in [5.74, 6) is 0. The molecule has 6 nitrogen and oxygen atoms in total. The monoisotopic (exact) mass is 380 g/mol. The molecule has 0 aromatic carbocycles. The average Bonchev–Trinajstić information content (AvgIpc) is 0.918. The Labute approximate surface area is 71.3 Å². The van der Waals surface area contributed by atoms with Crippen LogP contribution in [0.3, 0.4) is 0 Å². The first-order valence-electron chi connectivity index (χ1n) is 0.535. The van der Waals surface area contributed by atoms with Crippen LogP contribution in [0.5, 0.6) is 0 Å². The molecule has 0 saturated carbocycles. The molecular weight excluding hydrogens is 367 g/mol. The molecule has 0 radical (unpaired) electrons. The molecule has 0 aliphatic heterocycles. The zero-order valence-corrected chi connectivity index (χ0v) is 11.5. The molecule has 64 valence electrons. The summed E-state index contributed by atoms with van der Waals surface area (Å²) in [5, 5.41) is 0. The van der Waals surface area contributed by atoms with Crippen molar-refractivity contribution in [1.82, 2.24) is 0 Å². The van der Waals surface area contributed by atoms with Crippen LogP contribution in [0.4, 0.5) is 0 Å². The van der Waals surface area contributed by atoms with E-state index in [0.29, 0.717) is 0 Å². The number of hydrogen-bond donors (Lipinski definition) is 0. The van der Waals surface area contributed by atoms with Crippen LogP contribution >= 0.6 is 16.5 Å². The van der Waals surface area contributed by atoms with E-state index < -0.39 is 22.1 Å². The Morgan fingerprint density at radius 2 is 0.556 bits per heavy atom. The van der Waals surface area contributed by atoms with Gasteiger partial charge in [-0.2, -0.15) is 0 Å². The first kappa shape index (κ1) is 82.4. The SMILES string of the molecule is O.O.O.O.O.O.[Cl][Hg][Cl]. The minimum atomic E-state index is -1.14. The quantitative estimate of drug-likeness (QED) is 0.377. The molecule has 12 N–H and O–H groups in total. The van der Waals surface area contributed by atoms with E-state index in [9.17, 15) is 0 Å². The Hall–Kier alpha value is 1.28. The van der Waals surface area contributed by atoms with Gasteiger partial charge in [-0.3, -0.25) is 0 Å². The van der Waals surface area contributed by atoms with Crippen molar-refractivity contribution in [1.29, 1.82) is 0 Å². The van der Waals surface area contributed by atoms with Gasteiger partial charge in [0.15, 0.2) is 0 Å². The van der Waals surface area contributed by atoms with Crippen LogP contribution in [0.15, 0.2) is 0 Å². The minimum absolute atomic E-state index is 0. The first-order chi connectivity index (χ1) is 1.41. The predicted molar refractivity (Wildman–Crippen MR) is 33.4 cm³/mol. The molecule has 0 spiro atoms. The zero-order chi connectivity index (χ0) is 2.71. The molecule has 0 unspecified atom stereocenters. The fourth-order valence-electron chi connectivity index (χ4n) is 0. The van der Waals surface area contributed by atoms with Crippen LogP contribution in [0.1, 0.15) is 0 Å². The molecule has 0 rings (SSSR count). The molecule has 0 saturated heterocycles. The molecule has 0 aromatic rings. The van der Waals surface area contributed by atoms with Crippen molar-refractivity contribution in [2.75, 3.05) is 0 Å². The molecule has 0 aliphatic carbocycles. The van der Waals surface area contributed by atoms with Crippen molar-refractivity contribution in [2.45, 2.75) is 0 Å². The van der Waals surface area contributed by atoms with Gasteiger partial charge >= 0.3 is 38.6 Å². The van der Waals surface area contributed by atoms with Gasteiger partial charge in [0.2, 0.25) is 0 Å². The van der Waals surface area contributed by atoms with Crippen molar-refractivity contribution in [3.05, 3.63) is 0 Å². The fourth-order valence-corrected chi connectivity index (χ4v) is 0. The normalized spacial score (nSPS) is 1.11. The van der Waals surface area contributed by atoms with Gasteiger partial charge in [0.05, 0.1) is 0 Å². The van der Waals surface area contributed by atoms with E-state index in [2.05, 4.69) is 0 Å². The molecule has 0 aliphatic rings. The van der Waals surface area contributed by atoms with Crippen molar-refractivity contribution >= 4 is 16.5 Å². The van der Waals surface area contributed by atoms with Gasteiger partial charge in [-0.25, -0.2) is 0 Å². The van der Waals surface area contributed by atoms with E-state index >= 15 is 0 Å². The average molecular weight is 380 g/mol. The Kier molecular flexibility index (Phi) is 1120. The van der Waals surface area contributed by atoms with Crippen molar-refractivity contribution in [3.8, 4) is 0 Å². The first-order valence-corrected chi connectivity index (χ1v) is 14.1. The van der Waals surface area contributed by atoms with Gasteiger partial charge in [0.25, 0.3) is 0 Å². The van der Waals surface area contributed by atoms with E-state index in [1.165, 1.54) is 0 Å². The summed E-state index contributed by atoms with van der Waals surface area (Å²) >= 11 is -1.14. The molecule has 9 heteroatoms. The second-order valence-corrected chi connectivity index (χ2v) is 7.98. The van der Waals surface area contributed by atoms with Gasteiger partial charge in [0, 0.05) is 0 Å². The Balaban J connectivity index is -0.00000000133. The zero-order valence-electron chi connectivity index (χ0n) is 4.46.